The van der Waals surface area contributed by atoms with Crippen molar-refractivity contribution in [3.63, 3.8) is 0 Å². The van der Waals surface area contributed by atoms with Gasteiger partial charge in [0.25, 0.3) is 0 Å². The molecule has 0 bridgehead atoms. The number of nitrogens with one attached hydrogen (secondary N) is 1. The highest BCUT2D eigenvalue weighted by atomic mass is 32.2. The van der Waals surface area contributed by atoms with E-state index in [1.54, 1.807) is 6.26 Å². The summed E-state index contributed by atoms with van der Waals surface area (Å²) in [6.07, 6.45) is 3.67. The fraction of sp³-hybridized carbons (Fsp3) is 0.625. The normalized spacial score (nSPS) is 15.6. The molecule has 1 aromatic heterocycles. The van der Waals surface area contributed by atoms with Gasteiger partial charge in [-0.3, -0.25) is 4.21 Å². The molecule has 1 heterocycles. The molecular formula is C8H14N2OS2. The molecule has 13 heavy (non-hydrogen) atoms. The van der Waals surface area contributed by atoms with Gasteiger partial charge in [0.1, 0.15) is 0 Å². The van der Waals surface area contributed by atoms with Gasteiger partial charge >= 0.3 is 0 Å². The molecule has 0 aromatic carbocycles. The lowest BCUT2D eigenvalue weighted by molar-refractivity contribution is 0.590. The van der Waals surface area contributed by atoms with Crippen molar-refractivity contribution in [1.82, 2.24) is 9.55 Å². The van der Waals surface area contributed by atoms with Crippen molar-refractivity contribution in [3.8, 4) is 0 Å². The molecule has 1 N–H and O–H groups in total. The van der Waals surface area contributed by atoms with Crippen LogP contribution in [0.25, 0.3) is 0 Å². The molecule has 2 unspecified atom stereocenters. The Morgan fingerprint density at radius 1 is 1.77 bits per heavy atom. The number of hydrogen-bond acceptors (Lipinski definition) is 2. The first kappa shape index (κ1) is 10.7. The number of aryl methyl sites for hydroxylation is 1. The maximum atomic E-state index is 11.0. The second kappa shape index (κ2) is 4.19. The first-order valence-electron chi connectivity index (χ1n) is 4.08. The van der Waals surface area contributed by atoms with Gasteiger partial charge in [0.15, 0.2) is 4.77 Å². The predicted molar refractivity (Wildman–Crippen MR) is 58.0 cm³/mol. The van der Waals surface area contributed by atoms with Crippen LogP contribution in [0.3, 0.4) is 0 Å². The average molecular weight is 218 g/mol. The summed E-state index contributed by atoms with van der Waals surface area (Å²) < 4.78 is 13.7. The quantitative estimate of drug-likeness (QED) is 0.786. The van der Waals surface area contributed by atoms with Gasteiger partial charge in [-0.2, -0.15) is 0 Å². The van der Waals surface area contributed by atoms with Gasteiger partial charge in [-0.05, 0) is 26.1 Å². The van der Waals surface area contributed by atoms with E-state index in [0.29, 0.717) is 10.5 Å². The molecular weight excluding hydrogens is 204 g/mol. The van der Waals surface area contributed by atoms with Gasteiger partial charge in [-0.1, -0.05) is 0 Å². The highest BCUT2D eigenvalue weighted by molar-refractivity contribution is 7.84. The molecule has 0 saturated heterocycles. The molecule has 2 atom stereocenters. The van der Waals surface area contributed by atoms with Crippen LogP contribution >= 0.6 is 12.2 Å². The van der Waals surface area contributed by atoms with Crippen LogP contribution in [0.1, 0.15) is 18.7 Å². The van der Waals surface area contributed by atoms with Gasteiger partial charge < -0.3 is 9.55 Å². The second-order valence-electron chi connectivity index (χ2n) is 3.24. The zero-order chi connectivity index (χ0) is 10.0. The topological polar surface area (TPSA) is 37.8 Å². The standard InChI is InChI=1S/C8H14N2OS2/c1-6-4-10(8(12)9-6)7(2)5-13(3)11/h4,7H,5H2,1-3H3,(H,9,12). The lowest BCUT2D eigenvalue weighted by atomic mass is 10.4. The number of H-pyrrole nitrogens is 1. The molecule has 1 aromatic rings. The van der Waals surface area contributed by atoms with E-state index in [-0.39, 0.29) is 6.04 Å². The summed E-state index contributed by atoms with van der Waals surface area (Å²) in [4.78, 5) is 3.04. The summed E-state index contributed by atoms with van der Waals surface area (Å²) >= 11 is 5.11. The van der Waals surface area contributed by atoms with Crippen molar-refractivity contribution in [1.29, 1.82) is 0 Å². The Morgan fingerprint density at radius 2 is 2.38 bits per heavy atom. The smallest absolute Gasteiger partial charge is 0.177 e. The Bertz CT molecular complexity index is 366. The van der Waals surface area contributed by atoms with Crippen LogP contribution in [0.4, 0.5) is 0 Å². The van der Waals surface area contributed by atoms with E-state index in [1.807, 2.05) is 24.6 Å². The van der Waals surface area contributed by atoms with Crippen molar-refractivity contribution < 1.29 is 4.21 Å². The van der Waals surface area contributed by atoms with Crippen LogP contribution in [0, 0.1) is 11.7 Å². The number of nitrogens with zero attached hydrogens (tertiary/aromatic N) is 1. The zero-order valence-corrected chi connectivity index (χ0v) is 9.67. The number of aromatic nitrogens is 2. The van der Waals surface area contributed by atoms with Crippen LogP contribution in [0.15, 0.2) is 6.20 Å². The number of imidazole rings is 1. The molecule has 0 aliphatic rings. The lowest BCUT2D eigenvalue weighted by Crippen LogP contribution is -2.12. The summed E-state index contributed by atoms with van der Waals surface area (Å²) in [6, 6.07) is 0.197. The van der Waals surface area contributed by atoms with E-state index in [0.717, 1.165) is 5.69 Å². The molecule has 0 saturated carbocycles. The predicted octanol–water partition coefficient (Wildman–Crippen LogP) is 1.79. The molecule has 3 nitrogen and oxygen atoms in total. The molecule has 0 fully saturated rings. The van der Waals surface area contributed by atoms with Crippen molar-refractivity contribution in [2.75, 3.05) is 12.0 Å². The van der Waals surface area contributed by atoms with Crippen LogP contribution in [0.2, 0.25) is 0 Å². The van der Waals surface area contributed by atoms with E-state index < -0.39 is 10.8 Å². The first-order valence-corrected chi connectivity index (χ1v) is 6.22. The van der Waals surface area contributed by atoms with Crippen LogP contribution in [-0.4, -0.2) is 25.8 Å². The van der Waals surface area contributed by atoms with E-state index in [9.17, 15) is 4.21 Å². The first-order chi connectivity index (χ1) is 6.00. The van der Waals surface area contributed by atoms with Gasteiger partial charge in [-0.15, -0.1) is 0 Å². The maximum absolute atomic E-state index is 11.0. The van der Waals surface area contributed by atoms with Gasteiger partial charge in [0.05, 0.1) is 0 Å². The SMILES string of the molecule is Cc1cn(C(C)CS(C)=O)c(=S)[nH]1. The molecule has 74 valence electrons. The highest BCUT2D eigenvalue weighted by Gasteiger charge is 2.07. The summed E-state index contributed by atoms with van der Waals surface area (Å²) in [5, 5.41) is 0. The largest absolute Gasteiger partial charge is 0.335 e. The minimum absolute atomic E-state index is 0.197. The monoisotopic (exact) mass is 218 g/mol. The Balaban J connectivity index is 2.88. The molecule has 0 aliphatic heterocycles. The highest BCUT2D eigenvalue weighted by Crippen LogP contribution is 2.09. The fourth-order valence-corrected chi connectivity index (χ4v) is 2.51. The third-order valence-corrected chi connectivity index (χ3v) is 3.09. The summed E-state index contributed by atoms with van der Waals surface area (Å²) in [5.74, 6) is 0.644. The fourth-order valence-electron chi connectivity index (χ4n) is 1.28. The second-order valence-corrected chi connectivity index (χ2v) is 5.10. The Morgan fingerprint density at radius 3 is 2.77 bits per heavy atom. The Labute approximate surface area is 85.6 Å². The third kappa shape index (κ3) is 2.77. The van der Waals surface area contributed by atoms with E-state index in [4.69, 9.17) is 12.2 Å². The minimum Gasteiger partial charge on any atom is -0.335 e. The molecule has 1 rings (SSSR count). The van der Waals surface area contributed by atoms with Gasteiger partial charge in [0.2, 0.25) is 0 Å². The van der Waals surface area contributed by atoms with E-state index >= 15 is 0 Å². The maximum Gasteiger partial charge on any atom is 0.177 e. The molecule has 0 spiro atoms. The Hall–Kier alpha value is -0.420. The Kier molecular flexibility index (Phi) is 3.44. The molecule has 5 heteroatoms. The van der Waals surface area contributed by atoms with Crippen molar-refractivity contribution in [2.24, 2.45) is 0 Å². The number of hydrogen-bond donors (Lipinski definition) is 1. The summed E-state index contributed by atoms with van der Waals surface area (Å²) in [5.41, 5.74) is 1.04. The number of rotatable bonds is 3. The van der Waals surface area contributed by atoms with Crippen molar-refractivity contribution >= 4 is 23.0 Å². The van der Waals surface area contributed by atoms with Crippen molar-refractivity contribution in [3.05, 3.63) is 16.7 Å². The lowest BCUT2D eigenvalue weighted by Gasteiger charge is -2.10. The molecule has 0 amide bonds. The summed E-state index contributed by atoms with van der Waals surface area (Å²) in [6.45, 7) is 3.98. The van der Waals surface area contributed by atoms with Gasteiger partial charge in [-0.25, -0.2) is 0 Å². The summed E-state index contributed by atoms with van der Waals surface area (Å²) in [7, 11) is -0.776. The van der Waals surface area contributed by atoms with Crippen LogP contribution in [0.5, 0.6) is 0 Å². The minimum atomic E-state index is -0.776. The van der Waals surface area contributed by atoms with Crippen LogP contribution < -0.4 is 0 Å². The van der Waals surface area contributed by atoms with E-state index in [2.05, 4.69) is 4.98 Å². The van der Waals surface area contributed by atoms with Crippen molar-refractivity contribution in [2.45, 2.75) is 19.9 Å². The molecule has 0 aliphatic carbocycles. The van der Waals surface area contributed by atoms with Gasteiger partial charge in [0, 0.05) is 40.7 Å². The molecule has 0 radical (unpaired) electrons. The third-order valence-electron chi connectivity index (χ3n) is 1.82. The van der Waals surface area contributed by atoms with Crippen LogP contribution in [-0.2, 0) is 10.8 Å². The number of aromatic amines is 1. The van der Waals surface area contributed by atoms with E-state index in [1.165, 1.54) is 0 Å². The zero-order valence-electron chi connectivity index (χ0n) is 8.03. The average Bonchev–Trinajstić information content (AvgIpc) is 2.28.